The number of halogens is 3. The highest BCUT2D eigenvalue weighted by Crippen LogP contribution is 2.34. The van der Waals surface area contributed by atoms with Crippen LogP contribution >= 0.6 is 11.8 Å². The smallest absolute Gasteiger partial charge is 0.313 e. The highest BCUT2D eigenvalue weighted by Gasteiger charge is 2.33. The lowest BCUT2D eigenvalue weighted by Crippen LogP contribution is -2.18. The molecule has 1 N–H and O–H groups in total. The van der Waals surface area contributed by atoms with Crippen LogP contribution in [0.2, 0.25) is 0 Å². The highest BCUT2D eigenvalue weighted by molar-refractivity contribution is 7.98. The molecule has 1 aromatic rings. The number of nitrogens with one attached hydrogen (secondary N) is 1. The number of rotatable bonds is 5. The summed E-state index contributed by atoms with van der Waals surface area (Å²) in [6, 6.07) is 4.49. The number of benzene rings is 1. The maximum atomic E-state index is 12.8. The third-order valence-corrected chi connectivity index (χ3v) is 3.09. The lowest BCUT2D eigenvalue weighted by molar-refractivity contribution is -0.138. The molecule has 0 unspecified atom stereocenters. The molecule has 17 heavy (non-hydrogen) atoms. The molecule has 0 fully saturated rings. The Labute approximate surface area is 104 Å². The van der Waals surface area contributed by atoms with Gasteiger partial charge in [0.15, 0.2) is 0 Å². The Kier molecular flexibility index (Phi) is 5.33. The average molecular weight is 263 g/mol. The molecule has 0 saturated heterocycles. The molecule has 0 spiro atoms. The van der Waals surface area contributed by atoms with E-state index in [1.165, 1.54) is 17.8 Å². The molecular weight excluding hydrogens is 247 g/mol. The van der Waals surface area contributed by atoms with Crippen molar-refractivity contribution in [2.24, 2.45) is 0 Å². The van der Waals surface area contributed by atoms with Crippen molar-refractivity contribution < 1.29 is 13.2 Å². The Balaban J connectivity index is 2.95. The van der Waals surface area contributed by atoms with Gasteiger partial charge in [-0.15, -0.1) is 11.8 Å². The first kappa shape index (κ1) is 14.4. The first-order valence-electron chi connectivity index (χ1n) is 5.44. The molecule has 0 aromatic heterocycles. The van der Waals surface area contributed by atoms with Gasteiger partial charge in [0.25, 0.3) is 0 Å². The molecule has 0 aliphatic heterocycles. The minimum absolute atomic E-state index is 0.261. The van der Waals surface area contributed by atoms with Crippen molar-refractivity contribution in [3.8, 4) is 0 Å². The molecule has 1 rings (SSSR count). The van der Waals surface area contributed by atoms with Crippen molar-refractivity contribution in [1.82, 2.24) is 5.32 Å². The van der Waals surface area contributed by atoms with Gasteiger partial charge in [-0.05, 0) is 36.9 Å². The number of hydrogen-bond acceptors (Lipinski definition) is 2. The summed E-state index contributed by atoms with van der Waals surface area (Å²) in [5.41, 5.74) is -0.225. The van der Waals surface area contributed by atoms with Gasteiger partial charge in [-0.25, -0.2) is 0 Å². The second kappa shape index (κ2) is 6.31. The van der Waals surface area contributed by atoms with Gasteiger partial charge in [-0.2, -0.15) is 13.2 Å². The Morgan fingerprint density at radius 3 is 2.53 bits per heavy atom. The summed E-state index contributed by atoms with van der Waals surface area (Å²) in [6.07, 6.45) is -1.61. The molecule has 0 atom stereocenters. The van der Waals surface area contributed by atoms with Crippen molar-refractivity contribution in [3.05, 3.63) is 29.3 Å². The zero-order valence-electron chi connectivity index (χ0n) is 9.90. The monoisotopic (exact) mass is 263 g/mol. The molecule has 1 aromatic carbocycles. The Bertz CT molecular complexity index is 363. The summed E-state index contributed by atoms with van der Waals surface area (Å²) in [7, 11) is 0. The second-order valence-electron chi connectivity index (χ2n) is 3.70. The van der Waals surface area contributed by atoms with Crippen LogP contribution in [0.3, 0.4) is 0 Å². The normalized spacial score (nSPS) is 11.8. The predicted molar refractivity (Wildman–Crippen MR) is 65.2 cm³/mol. The third-order valence-electron chi connectivity index (χ3n) is 2.36. The van der Waals surface area contributed by atoms with Gasteiger partial charge in [-0.3, -0.25) is 0 Å². The molecule has 0 amide bonds. The molecule has 1 nitrogen and oxygen atoms in total. The quantitative estimate of drug-likeness (QED) is 0.638. The molecule has 96 valence electrons. The van der Waals surface area contributed by atoms with Gasteiger partial charge < -0.3 is 5.32 Å². The first-order chi connectivity index (χ1) is 7.99. The van der Waals surface area contributed by atoms with Crippen LogP contribution in [-0.4, -0.2) is 12.8 Å². The van der Waals surface area contributed by atoms with E-state index in [9.17, 15) is 13.2 Å². The minimum atomic E-state index is -4.28. The largest absolute Gasteiger partial charge is 0.416 e. The fraction of sp³-hybridized carbons (Fsp3) is 0.500. The SMILES string of the molecule is CCCNCc1ccc(SC)cc1C(F)(F)F. The van der Waals surface area contributed by atoms with Crippen LogP contribution in [0.1, 0.15) is 24.5 Å². The van der Waals surface area contributed by atoms with Crippen LogP contribution in [0, 0.1) is 0 Å². The van der Waals surface area contributed by atoms with Crippen molar-refractivity contribution >= 4 is 11.8 Å². The van der Waals surface area contributed by atoms with Gasteiger partial charge >= 0.3 is 6.18 Å². The molecular formula is C12H16F3NS. The molecule has 5 heteroatoms. The van der Waals surface area contributed by atoms with Crippen molar-refractivity contribution in [1.29, 1.82) is 0 Å². The number of hydrogen-bond donors (Lipinski definition) is 1. The Morgan fingerprint density at radius 2 is 2.00 bits per heavy atom. The fourth-order valence-electron chi connectivity index (χ4n) is 1.50. The molecule has 0 radical (unpaired) electrons. The summed E-state index contributed by atoms with van der Waals surface area (Å²) in [4.78, 5) is 0.636. The summed E-state index contributed by atoms with van der Waals surface area (Å²) in [6.45, 7) is 2.97. The summed E-state index contributed by atoms with van der Waals surface area (Å²) >= 11 is 1.32. The van der Waals surface area contributed by atoms with Gasteiger partial charge in [0.1, 0.15) is 0 Å². The highest BCUT2D eigenvalue weighted by atomic mass is 32.2. The molecule has 0 aliphatic carbocycles. The van der Waals surface area contributed by atoms with Crippen molar-refractivity contribution in [2.75, 3.05) is 12.8 Å². The third kappa shape index (κ3) is 4.24. The number of alkyl halides is 3. The summed E-state index contributed by atoms with van der Waals surface area (Å²) in [5.74, 6) is 0. The molecule has 0 heterocycles. The van der Waals surface area contributed by atoms with Crippen LogP contribution in [0.15, 0.2) is 23.1 Å². The van der Waals surface area contributed by atoms with Crippen LogP contribution in [0.4, 0.5) is 13.2 Å². The van der Waals surface area contributed by atoms with Crippen molar-refractivity contribution in [3.63, 3.8) is 0 Å². The standard InChI is InChI=1S/C12H16F3NS/c1-3-6-16-8-9-4-5-10(17-2)7-11(9)12(13,14)15/h4-5,7,16H,3,6,8H2,1-2H3. The van der Waals surface area contributed by atoms with Gasteiger partial charge in [0, 0.05) is 11.4 Å². The minimum Gasteiger partial charge on any atom is -0.313 e. The van der Waals surface area contributed by atoms with Gasteiger partial charge in [0.05, 0.1) is 5.56 Å². The van der Waals surface area contributed by atoms with Gasteiger partial charge in [-0.1, -0.05) is 13.0 Å². The van der Waals surface area contributed by atoms with E-state index in [-0.39, 0.29) is 6.54 Å². The van der Waals surface area contributed by atoms with E-state index in [1.807, 2.05) is 6.92 Å². The maximum Gasteiger partial charge on any atom is 0.416 e. The van der Waals surface area contributed by atoms with Crippen LogP contribution < -0.4 is 5.32 Å². The van der Waals surface area contributed by atoms with E-state index in [1.54, 1.807) is 18.4 Å². The molecule has 0 saturated carbocycles. The van der Waals surface area contributed by atoms with E-state index in [4.69, 9.17) is 0 Å². The zero-order chi connectivity index (χ0) is 12.9. The second-order valence-corrected chi connectivity index (χ2v) is 4.58. The van der Waals surface area contributed by atoms with Gasteiger partial charge in [0.2, 0.25) is 0 Å². The van der Waals surface area contributed by atoms with Crippen LogP contribution in [0.5, 0.6) is 0 Å². The molecule has 0 bridgehead atoms. The first-order valence-corrected chi connectivity index (χ1v) is 6.66. The average Bonchev–Trinajstić information content (AvgIpc) is 2.28. The Morgan fingerprint density at radius 1 is 1.29 bits per heavy atom. The van der Waals surface area contributed by atoms with Crippen molar-refractivity contribution in [2.45, 2.75) is 31.0 Å². The lowest BCUT2D eigenvalue weighted by atomic mass is 10.1. The van der Waals surface area contributed by atoms with Crippen LogP contribution in [-0.2, 0) is 12.7 Å². The topological polar surface area (TPSA) is 12.0 Å². The number of thioether (sulfide) groups is 1. The summed E-state index contributed by atoms with van der Waals surface area (Å²) < 4.78 is 38.5. The van der Waals surface area contributed by atoms with E-state index >= 15 is 0 Å². The Hall–Kier alpha value is -0.680. The zero-order valence-corrected chi connectivity index (χ0v) is 10.7. The van der Waals surface area contributed by atoms with Crippen LogP contribution in [0.25, 0.3) is 0 Å². The fourth-order valence-corrected chi connectivity index (χ4v) is 1.94. The maximum absolute atomic E-state index is 12.8. The van der Waals surface area contributed by atoms with E-state index in [0.717, 1.165) is 13.0 Å². The lowest BCUT2D eigenvalue weighted by Gasteiger charge is -2.14. The molecule has 0 aliphatic rings. The van der Waals surface area contributed by atoms with E-state index in [2.05, 4.69) is 5.32 Å². The van der Waals surface area contributed by atoms with E-state index in [0.29, 0.717) is 10.5 Å². The predicted octanol–water partition coefficient (Wildman–Crippen LogP) is 3.93. The van der Waals surface area contributed by atoms with E-state index < -0.39 is 11.7 Å². The summed E-state index contributed by atoms with van der Waals surface area (Å²) in [5, 5.41) is 2.99.